The summed E-state index contributed by atoms with van der Waals surface area (Å²) in [6, 6.07) is 5.41. The van der Waals surface area contributed by atoms with Crippen molar-refractivity contribution in [2.75, 3.05) is 0 Å². The van der Waals surface area contributed by atoms with E-state index in [4.69, 9.17) is 0 Å². The molecule has 0 unspecified atom stereocenters. The van der Waals surface area contributed by atoms with Crippen LogP contribution in [-0.4, -0.2) is 9.49 Å². The van der Waals surface area contributed by atoms with Gasteiger partial charge < -0.3 is 4.57 Å². The Bertz CT molecular complexity index is 558. The van der Waals surface area contributed by atoms with Crippen molar-refractivity contribution in [2.45, 2.75) is 26.2 Å². The molecule has 0 atom stereocenters. The summed E-state index contributed by atoms with van der Waals surface area (Å²) in [7, 11) is 1.96. The van der Waals surface area contributed by atoms with Gasteiger partial charge in [-0.2, -0.15) is 0 Å². The first-order chi connectivity index (χ1) is 8.15. The minimum atomic E-state index is -0.280. The van der Waals surface area contributed by atoms with Crippen molar-refractivity contribution >= 4 is 16.6 Å². The molecule has 0 aliphatic carbocycles. The number of nitro groups is 1. The van der Waals surface area contributed by atoms with Gasteiger partial charge in [-0.05, 0) is 25.0 Å². The third-order valence-electron chi connectivity index (χ3n) is 3.13. The van der Waals surface area contributed by atoms with Crippen molar-refractivity contribution in [2.24, 2.45) is 7.05 Å². The normalized spacial score (nSPS) is 10.9. The number of benzene rings is 1. The van der Waals surface area contributed by atoms with Gasteiger partial charge in [-0.1, -0.05) is 13.3 Å². The van der Waals surface area contributed by atoms with Crippen LogP contribution in [0.25, 0.3) is 10.9 Å². The molecular formula is C13H16N2O2. The minimum Gasteiger partial charge on any atom is -0.351 e. The summed E-state index contributed by atoms with van der Waals surface area (Å²) in [5, 5.41) is 12.0. The number of aryl methyl sites for hydroxylation is 2. The average Bonchev–Trinajstić information content (AvgIpc) is 2.68. The first kappa shape index (κ1) is 11.6. The van der Waals surface area contributed by atoms with Gasteiger partial charge in [0.2, 0.25) is 0 Å². The van der Waals surface area contributed by atoms with Crippen LogP contribution < -0.4 is 0 Å². The molecule has 0 radical (unpaired) electrons. The van der Waals surface area contributed by atoms with Crippen molar-refractivity contribution in [1.29, 1.82) is 0 Å². The van der Waals surface area contributed by atoms with Gasteiger partial charge in [0.25, 0.3) is 5.69 Å². The summed E-state index contributed by atoms with van der Waals surface area (Å²) in [6.07, 6.45) is 4.74. The molecule has 17 heavy (non-hydrogen) atoms. The lowest BCUT2D eigenvalue weighted by Gasteiger charge is -2.05. The van der Waals surface area contributed by atoms with E-state index in [0.717, 1.165) is 35.7 Å². The van der Waals surface area contributed by atoms with Gasteiger partial charge in [-0.3, -0.25) is 10.1 Å². The number of unbranched alkanes of at least 4 members (excludes halogenated alkanes) is 1. The third kappa shape index (κ3) is 2.02. The molecule has 2 rings (SSSR count). The Hall–Kier alpha value is -1.84. The van der Waals surface area contributed by atoms with Gasteiger partial charge in [-0.15, -0.1) is 0 Å². The fourth-order valence-electron chi connectivity index (χ4n) is 2.19. The van der Waals surface area contributed by atoms with Crippen LogP contribution in [0, 0.1) is 10.1 Å². The molecule has 4 nitrogen and oxygen atoms in total. The molecule has 2 aromatic rings. The van der Waals surface area contributed by atoms with E-state index in [1.54, 1.807) is 6.07 Å². The summed E-state index contributed by atoms with van der Waals surface area (Å²) in [4.78, 5) is 10.8. The zero-order valence-corrected chi connectivity index (χ0v) is 10.1. The molecule has 0 fully saturated rings. The predicted molar refractivity (Wildman–Crippen MR) is 68.2 cm³/mol. The van der Waals surface area contributed by atoms with Crippen LogP contribution in [-0.2, 0) is 13.5 Å². The van der Waals surface area contributed by atoms with E-state index in [9.17, 15) is 10.1 Å². The monoisotopic (exact) mass is 232 g/mol. The Morgan fingerprint density at radius 1 is 1.35 bits per heavy atom. The third-order valence-corrected chi connectivity index (χ3v) is 3.13. The number of hydrogen-bond acceptors (Lipinski definition) is 2. The second kappa shape index (κ2) is 4.57. The van der Waals surface area contributed by atoms with Crippen molar-refractivity contribution in [3.63, 3.8) is 0 Å². The Labute approximate surface area is 100 Å². The summed E-state index contributed by atoms with van der Waals surface area (Å²) in [5.74, 6) is 0. The quantitative estimate of drug-likeness (QED) is 0.599. The highest BCUT2D eigenvalue weighted by Crippen LogP contribution is 2.29. The van der Waals surface area contributed by atoms with E-state index < -0.39 is 0 Å². The van der Waals surface area contributed by atoms with Crippen LogP contribution >= 0.6 is 0 Å². The molecule has 0 aliphatic rings. The molecular weight excluding hydrogens is 216 g/mol. The largest absolute Gasteiger partial charge is 0.351 e. The number of rotatable bonds is 4. The molecule has 1 aromatic heterocycles. The molecule has 0 saturated heterocycles. The maximum absolute atomic E-state index is 11.0. The molecule has 1 heterocycles. The van der Waals surface area contributed by atoms with Crippen molar-refractivity contribution in [3.05, 3.63) is 40.1 Å². The Balaban J connectivity index is 2.62. The molecule has 90 valence electrons. The maximum atomic E-state index is 11.0. The molecule has 0 bridgehead atoms. The lowest BCUT2D eigenvalue weighted by atomic mass is 10.0. The summed E-state index contributed by atoms with van der Waals surface area (Å²) >= 11 is 0. The first-order valence-corrected chi connectivity index (χ1v) is 5.86. The number of nitro benzene ring substituents is 1. The van der Waals surface area contributed by atoms with E-state index >= 15 is 0 Å². The molecule has 4 heteroatoms. The summed E-state index contributed by atoms with van der Waals surface area (Å²) < 4.78 is 1.99. The second-order valence-corrected chi connectivity index (χ2v) is 4.28. The molecule has 0 amide bonds. The van der Waals surface area contributed by atoms with Gasteiger partial charge in [-0.25, -0.2) is 0 Å². The van der Waals surface area contributed by atoms with E-state index in [0.29, 0.717) is 0 Å². The number of aromatic nitrogens is 1. The van der Waals surface area contributed by atoms with Crippen LogP contribution in [0.15, 0.2) is 24.4 Å². The lowest BCUT2D eigenvalue weighted by molar-refractivity contribution is -0.385. The molecule has 1 aromatic carbocycles. The highest BCUT2D eigenvalue weighted by atomic mass is 16.6. The lowest BCUT2D eigenvalue weighted by Crippen LogP contribution is -1.97. The number of fused-ring (bicyclic) bond motifs is 1. The van der Waals surface area contributed by atoms with E-state index in [2.05, 4.69) is 6.92 Å². The average molecular weight is 232 g/mol. The van der Waals surface area contributed by atoms with Crippen LogP contribution in [0.5, 0.6) is 0 Å². The second-order valence-electron chi connectivity index (χ2n) is 4.28. The van der Waals surface area contributed by atoms with Crippen molar-refractivity contribution < 1.29 is 4.92 Å². The fourth-order valence-corrected chi connectivity index (χ4v) is 2.19. The van der Waals surface area contributed by atoms with Crippen LogP contribution in [0.3, 0.4) is 0 Å². The number of hydrogen-bond donors (Lipinski definition) is 0. The highest BCUT2D eigenvalue weighted by Gasteiger charge is 2.17. The van der Waals surface area contributed by atoms with Crippen LogP contribution in [0.2, 0.25) is 0 Å². The van der Waals surface area contributed by atoms with E-state index in [1.165, 1.54) is 0 Å². The predicted octanol–water partition coefficient (Wildman–Crippen LogP) is 3.43. The van der Waals surface area contributed by atoms with Crippen molar-refractivity contribution in [1.82, 2.24) is 4.57 Å². The van der Waals surface area contributed by atoms with Gasteiger partial charge in [0.05, 0.1) is 4.92 Å². The standard InChI is InChI=1S/C13H16N2O2/c1-3-4-5-10-11-8-9-14(2)12(11)6-7-13(10)15(16)17/h6-9H,3-5H2,1-2H3. The Morgan fingerprint density at radius 2 is 2.12 bits per heavy atom. The first-order valence-electron chi connectivity index (χ1n) is 5.86. The molecule has 0 spiro atoms. The maximum Gasteiger partial charge on any atom is 0.273 e. The van der Waals surface area contributed by atoms with Crippen LogP contribution in [0.4, 0.5) is 5.69 Å². The summed E-state index contributed by atoms with van der Waals surface area (Å²) in [6.45, 7) is 2.09. The van der Waals surface area contributed by atoms with E-state index in [-0.39, 0.29) is 10.6 Å². The van der Waals surface area contributed by atoms with Gasteiger partial charge in [0.15, 0.2) is 0 Å². The molecule has 0 N–H and O–H groups in total. The zero-order chi connectivity index (χ0) is 12.4. The minimum absolute atomic E-state index is 0.247. The fraction of sp³-hybridized carbons (Fsp3) is 0.385. The topological polar surface area (TPSA) is 48.1 Å². The van der Waals surface area contributed by atoms with E-state index in [1.807, 2.05) is 29.9 Å². The summed E-state index contributed by atoms with van der Waals surface area (Å²) in [5.41, 5.74) is 2.17. The molecule has 0 saturated carbocycles. The Kier molecular flexibility index (Phi) is 3.13. The number of nitrogens with zero attached hydrogens (tertiary/aromatic N) is 2. The van der Waals surface area contributed by atoms with Gasteiger partial charge in [0.1, 0.15) is 0 Å². The van der Waals surface area contributed by atoms with Crippen LogP contribution in [0.1, 0.15) is 25.3 Å². The van der Waals surface area contributed by atoms with Gasteiger partial charge >= 0.3 is 0 Å². The van der Waals surface area contributed by atoms with Gasteiger partial charge in [0, 0.05) is 35.8 Å². The highest BCUT2D eigenvalue weighted by molar-refractivity contribution is 5.87. The SMILES string of the molecule is CCCCc1c([N+](=O)[O-])ccc2c1ccn2C. The smallest absolute Gasteiger partial charge is 0.273 e. The zero-order valence-electron chi connectivity index (χ0n) is 10.1. The molecule has 0 aliphatic heterocycles. The van der Waals surface area contributed by atoms with Crippen molar-refractivity contribution in [3.8, 4) is 0 Å². The Morgan fingerprint density at radius 3 is 2.76 bits per heavy atom.